The molecule has 0 aliphatic carbocycles. The summed E-state index contributed by atoms with van der Waals surface area (Å²) in [4.78, 5) is 0. The fraction of sp³-hybridized carbons (Fsp3) is 0.111. The number of rotatable bonds is 2. The van der Waals surface area contributed by atoms with Crippen molar-refractivity contribution in [2.45, 2.75) is 6.43 Å². The zero-order valence-electron chi connectivity index (χ0n) is 7.74. The molecule has 7 heteroatoms. The van der Waals surface area contributed by atoms with Crippen molar-refractivity contribution in [1.82, 2.24) is 15.0 Å². The lowest BCUT2D eigenvalue weighted by atomic mass is 10.3. The van der Waals surface area contributed by atoms with Gasteiger partial charge in [0, 0.05) is 10.0 Å². The topological polar surface area (TPSA) is 30.7 Å². The Kier molecular flexibility index (Phi) is 3.07. The summed E-state index contributed by atoms with van der Waals surface area (Å²) in [5.41, 5.74) is 0.0907. The minimum absolute atomic E-state index is 0.393. The van der Waals surface area contributed by atoms with Crippen LogP contribution in [0.1, 0.15) is 12.1 Å². The van der Waals surface area contributed by atoms with Crippen LogP contribution >= 0.6 is 23.2 Å². The number of hydrogen-bond acceptors (Lipinski definition) is 2. The molecule has 0 N–H and O–H groups in total. The first kappa shape index (κ1) is 11.3. The van der Waals surface area contributed by atoms with Gasteiger partial charge in [-0.3, -0.25) is 0 Å². The van der Waals surface area contributed by atoms with E-state index in [1.165, 1.54) is 10.7 Å². The highest BCUT2D eigenvalue weighted by atomic mass is 35.5. The smallest absolute Gasteiger partial charge is 0.220 e. The van der Waals surface area contributed by atoms with Crippen molar-refractivity contribution in [3.05, 3.63) is 40.1 Å². The van der Waals surface area contributed by atoms with Gasteiger partial charge >= 0.3 is 0 Å². The van der Waals surface area contributed by atoms with Gasteiger partial charge in [0.15, 0.2) is 0 Å². The summed E-state index contributed by atoms with van der Waals surface area (Å²) in [5, 5.41) is 7.69. The first-order chi connectivity index (χ1) is 7.56. The number of aromatic nitrogens is 3. The molecule has 0 radical (unpaired) electrons. The molecule has 0 amide bonds. The molecule has 1 aromatic heterocycles. The Balaban J connectivity index is 2.42. The molecule has 2 rings (SSSR count). The standard InChI is InChI=1S/C9H5Cl2F2N3/c10-5-1-6(11)3-7(2-5)16-4-8(9(12)13)14-15-16/h1-4,9H. The maximum absolute atomic E-state index is 12.3. The van der Waals surface area contributed by atoms with Gasteiger partial charge in [-0.2, -0.15) is 0 Å². The van der Waals surface area contributed by atoms with Crippen molar-refractivity contribution in [3.8, 4) is 5.69 Å². The largest absolute Gasteiger partial charge is 0.283 e. The quantitative estimate of drug-likeness (QED) is 0.830. The minimum atomic E-state index is -2.65. The Bertz CT molecular complexity index is 493. The predicted molar refractivity (Wildman–Crippen MR) is 56.3 cm³/mol. The number of benzene rings is 1. The van der Waals surface area contributed by atoms with E-state index in [4.69, 9.17) is 23.2 Å². The number of nitrogens with zero attached hydrogens (tertiary/aromatic N) is 3. The Hall–Kier alpha value is -1.20. The van der Waals surface area contributed by atoms with E-state index in [0.29, 0.717) is 15.7 Å². The van der Waals surface area contributed by atoms with Gasteiger partial charge in [-0.05, 0) is 18.2 Å². The highest BCUT2D eigenvalue weighted by Crippen LogP contribution is 2.22. The molecule has 3 nitrogen and oxygen atoms in total. The van der Waals surface area contributed by atoms with Gasteiger partial charge in [-0.1, -0.05) is 28.4 Å². The molecule has 84 valence electrons. The summed E-state index contributed by atoms with van der Waals surface area (Å²) in [6.45, 7) is 0. The Morgan fingerprint density at radius 1 is 1.12 bits per heavy atom. The van der Waals surface area contributed by atoms with Crippen LogP contribution in [0.15, 0.2) is 24.4 Å². The van der Waals surface area contributed by atoms with Gasteiger partial charge in [-0.15, -0.1) is 5.10 Å². The van der Waals surface area contributed by atoms with Crippen molar-refractivity contribution in [2.75, 3.05) is 0 Å². The third kappa shape index (κ3) is 2.31. The predicted octanol–water partition coefficient (Wildman–Crippen LogP) is 3.51. The average Bonchev–Trinajstić information content (AvgIpc) is 2.64. The van der Waals surface area contributed by atoms with E-state index in [-0.39, 0.29) is 0 Å². The van der Waals surface area contributed by atoms with Gasteiger partial charge in [0.05, 0.1) is 11.9 Å². The lowest BCUT2D eigenvalue weighted by Crippen LogP contribution is -1.94. The van der Waals surface area contributed by atoms with Crippen LogP contribution in [0.4, 0.5) is 8.78 Å². The van der Waals surface area contributed by atoms with E-state index in [1.54, 1.807) is 12.1 Å². The summed E-state index contributed by atoms with van der Waals surface area (Å²) in [5.74, 6) is 0. The minimum Gasteiger partial charge on any atom is -0.220 e. The summed E-state index contributed by atoms with van der Waals surface area (Å²) in [6.07, 6.45) is -1.52. The summed E-state index contributed by atoms with van der Waals surface area (Å²) in [7, 11) is 0. The number of hydrogen-bond donors (Lipinski definition) is 0. The maximum Gasteiger partial charge on any atom is 0.283 e. The van der Waals surface area contributed by atoms with Crippen molar-refractivity contribution < 1.29 is 8.78 Å². The van der Waals surface area contributed by atoms with Gasteiger partial charge in [0.25, 0.3) is 6.43 Å². The van der Waals surface area contributed by atoms with Crippen LogP contribution in [-0.4, -0.2) is 15.0 Å². The summed E-state index contributed by atoms with van der Waals surface area (Å²) < 4.78 is 25.8. The van der Waals surface area contributed by atoms with Crippen LogP contribution in [0.3, 0.4) is 0 Å². The molecule has 0 fully saturated rings. The van der Waals surface area contributed by atoms with Crippen LogP contribution in [0.2, 0.25) is 10.0 Å². The Morgan fingerprint density at radius 3 is 2.25 bits per heavy atom. The molecule has 0 spiro atoms. The molecule has 16 heavy (non-hydrogen) atoms. The van der Waals surface area contributed by atoms with Crippen LogP contribution in [0.5, 0.6) is 0 Å². The zero-order chi connectivity index (χ0) is 11.7. The van der Waals surface area contributed by atoms with Crippen LogP contribution in [0, 0.1) is 0 Å². The molecule has 0 saturated heterocycles. The Labute approximate surface area is 99.6 Å². The van der Waals surface area contributed by atoms with Crippen molar-refractivity contribution in [1.29, 1.82) is 0 Å². The van der Waals surface area contributed by atoms with Gasteiger partial charge < -0.3 is 0 Å². The lowest BCUT2D eigenvalue weighted by molar-refractivity contribution is 0.146. The van der Waals surface area contributed by atoms with Crippen LogP contribution < -0.4 is 0 Å². The highest BCUT2D eigenvalue weighted by molar-refractivity contribution is 6.34. The first-order valence-electron chi connectivity index (χ1n) is 4.23. The van der Waals surface area contributed by atoms with E-state index in [2.05, 4.69) is 10.3 Å². The van der Waals surface area contributed by atoms with Crippen molar-refractivity contribution >= 4 is 23.2 Å². The molecule has 0 saturated carbocycles. The summed E-state index contributed by atoms with van der Waals surface area (Å²) in [6, 6.07) is 4.65. The third-order valence-corrected chi connectivity index (χ3v) is 2.28. The molecule has 0 bridgehead atoms. The third-order valence-electron chi connectivity index (χ3n) is 1.85. The van der Waals surface area contributed by atoms with E-state index in [0.717, 1.165) is 6.20 Å². The highest BCUT2D eigenvalue weighted by Gasteiger charge is 2.12. The second-order valence-corrected chi connectivity index (χ2v) is 3.89. The van der Waals surface area contributed by atoms with E-state index < -0.39 is 12.1 Å². The fourth-order valence-corrected chi connectivity index (χ4v) is 1.69. The normalized spacial score (nSPS) is 11.1. The second kappa shape index (κ2) is 4.35. The van der Waals surface area contributed by atoms with E-state index in [9.17, 15) is 8.78 Å². The molecule has 1 heterocycles. The molecular weight excluding hydrogens is 259 g/mol. The lowest BCUT2D eigenvalue weighted by Gasteiger charge is -2.01. The van der Waals surface area contributed by atoms with Gasteiger partial charge in [0.2, 0.25) is 0 Å². The molecule has 0 unspecified atom stereocenters. The second-order valence-electron chi connectivity index (χ2n) is 3.02. The molecule has 0 aliphatic heterocycles. The fourth-order valence-electron chi connectivity index (χ4n) is 1.17. The number of halogens is 4. The van der Waals surface area contributed by atoms with Crippen LogP contribution in [0.25, 0.3) is 5.69 Å². The number of alkyl halides is 2. The molecular formula is C9H5Cl2F2N3. The SMILES string of the molecule is FC(F)c1cn(-c2cc(Cl)cc(Cl)c2)nn1. The van der Waals surface area contributed by atoms with Gasteiger partial charge in [0.1, 0.15) is 5.69 Å². The van der Waals surface area contributed by atoms with Crippen molar-refractivity contribution in [3.63, 3.8) is 0 Å². The van der Waals surface area contributed by atoms with Gasteiger partial charge in [-0.25, -0.2) is 13.5 Å². The summed E-state index contributed by atoms with van der Waals surface area (Å²) >= 11 is 11.6. The van der Waals surface area contributed by atoms with E-state index in [1.807, 2.05) is 0 Å². The maximum atomic E-state index is 12.3. The first-order valence-corrected chi connectivity index (χ1v) is 4.99. The zero-order valence-corrected chi connectivity index (χ0v) is 9.25. The molecule has 0 aliphatic rings. The Morgan fingerprint density at radius 2 is 1.75 bits per heavy atom. The van der Waals surface area contributed by atoms with Crippen LogP contribution in [-0.2, 0) is 0 Å². The van der Waals surface area contributed by atoms with Crippen molar-refractivity contribution in [2.24, 2.45) is 0 Å². The average molecular weight is 264 g/mol. The molecule has 2 aromatic rings. The van der Waals surface area contributed by atoms with E-state index >= 15 is 0 Å². The monoisotopic (exact) mass is 263 g/mol. The molecule has 1 aromatic carbocycles. The molecule has 0 atom stereocenters.